The zero-order valence-corrected chi connectivity index (χ0v) is 16.1. The van der Waals surface area contributed by atoms with E-state index in [0.717, 1.165) is 5.56 Å². The van der Waals surface area contributed by atoms with Crippen LogP contribution in [0, 0.1) is 5.92 Å². The molecule has 8 nitrogen and oxygen atoms in total. The third-order valence-corrected chi connectivity index (χ3v) is 3.47. The number of hydrazone groups is 1. The second-order valence-corrected chi connectivity index (χ2v) is 6.17. The van der Waals surface area contributed by atoms with Gasteiger partial charge in [0.25, 0.3) is 5.91 Å². The van der Waals surface area contributed by atoms with Gasteiger partial charge < -0.3 is 20.2 Å². The Balaban J connectivity index is 2.25. The summed E-state index contributed by atoms with van der Waals surface area (Å²) in [6.45, 7) is 6.23. The molecule has 0 radical (unpaired) electrons. The van der Waals surface area contributed by atoms with Crippen LogP contribution in [0.15, 0.2) is 29.4 Å². The maximum Gasteiger partial charge on any atom is 0.335 e. The van der Waals surface area contributed by atoms with Crippen LogP contribution >= 0.6 is 0 Å². The predicted octanol–water partition coefficient (Wildman–Crippen LogP) is 1.64. The molecule has 0 fully saturated rings. The van der Waals surface area contributed by atoms with Crippen LogP contribution in [0.1, 0.15) is 32.8 Å². The molecule has 0 unspecified atom stereocenters. The number of Topliss-reactive ketones (excluding diaryl/α,β-unsaturated/α-hetero) is 1. The second-order valence-electron chi connectivity index (χ2n) is 6.17. The highest BCUT2D eigenvalue weighted by molar-refractivity contribution is 5.80. The number of ether oxygens (including phenoxy) is 1. The smallest absolute Gasteiger partial charge is 0.335 e. The van der Waals surface area contributed by atoms with E-state index in [2.05, 4.69) is 21.2 Å². The zero-order chi connectivity index (χ0) is 20.1. The topological polar surface area (TPSA) is 109 Å². The quantitative estimate of drug-likeness (QED) is 0.403. The molecule has 0 saturated carbocycles. The molecule has 0 spiro atoms. The van der Waals surface area contributed by atoms with E-state index < -0.39 is 6.03 Å². The standard InChI is InChI=1S/C19H28N4O4/c1-4-20-18(25)13-27-17-7-5-16(6-8-17)9-10-21-19(26)23-22-12-14(2)11-15(3)24/h5-8,12,14H,4,9-11,13H2,1-3H3,(H,20,25)(H2,21,23,26)/b22-12-/t14-/m0/s1. The van der Waals surface area contributed by atoms with Crippen molar-refractivity contribution in [2.45, 2.75) is 33.6 Å². The minimum atomic E-state index is -0.400. The molecular formula is C19H28N4O4. The number of rotatable bonds is 11. The normalized spacial score (nSPS) is 11.7. The minimum Gasteiger partial charge on any atom is -0.484 e. The van der Waals surface area contributed by atoms with Crippen molar-refractivity contribution in [3.05, 3.63) is 29.8 Å². The Morgan fingerprint density at radius 2 is 1.89 bits per heavy atom. The predicted molar refractivity (Wildman–Crippen MR) is 104 cm³/mol. The van der Waals surface area contributed by atoms with Gasteiger partial charge in [-0.2, -0.15) is 5.10 Å². The van der Waals surface area contributed by atoms with Gasteiger partial charge in [0.15, 0.2) is 6.61 Å². The van der Waals surface area contributed by atoms with Crippen LogP contribution in [-0.4, -0.2) is 43.6 Å². The lowest BCUT2D eigenvalue weighted by atomic mass is 10.1. The van der Waals surface area contributed by atoms with Crippen molar-refractivity contribution in [1.82, 2.24) is 16.1 Å². The van der Waals surface area contributed by atoms with Gasteiger partial charge in [-0.1, -0.05) is 19.1 Å². The summed E-state index contributed by atoms with van der Waals surface area (Å²) in [5.74, 6) is 0.524. The first-order chi connectivity index (χ1) is 12.9. The van der Waals surface area contributed by atoms with E-state index in [1.165, 1.54) is 6.92 Å². The summed E-state index contributed by atoms with van der Waals surface area (Å²) in [5.41, 5.74) is 3.40. The fraction of sp³-hybridized carbons (Fsp3) is 0.474. The minimum absolute atomic E-state index is 0.0134. The molecular weight excluding hydrogens is 348 g/mol. The number of hydrogen-bond donors (Lipinski definition) is 3. The summed E-state index contributed by atoms with van der Waals surface area (Å²) >= 11 is 0. The van der Waals surface area contributed by atoms with E-state index >= 15 is 0 Å². The van der Waals surface area contributed by atoms with E-state index in [0.29, 0.717) is 31.7 Å². The van der Waals surface area contributed by atoms with Crippen LogP contribution in [0.4, 0.5) is 4.79 Å². The lowest BCUT2D eigenvalue weighted by Crippen LogP contribution is -2.33. The molecule has 0 saturated heterocycles. The van der Waals surface area contributed by atoms with E-state index in [1.807, 2.05) is 26.0 Å². The number of nitrogens with zero attached hydrogens (tertiary/aromatic N) is 1. The van der Waals surface area contributed by atoms with Crippen molar-refractivity contribution in [3.8, 4) is 5.75 Å². The average Bonchev–Trinajstić information content (AvgIpc) is 2.60. The van der Waals surface area contributed by atoms with Gasteiger partial charge in [-0.25, -0.2) is 10.2 Å². The Labute approximate surface area is 159 Å². The number of benzene rings is 1. The van der Waals surface area contributed by atoms with Gasteiger partial charge in [0.05, 0.1) is 0 Å². The molecule has 0 aliphatic heterocycles. The molecule has 0 aliphatic rings. The zero-order valence-electron chi connectivity index (χ0n) is 16.1. The molecule has 3 N–H and O–H groups in total. The van der Waals surface area contributed by atoms with Gasteiger partial charge in [-0.15, -0.1) is 0 Å². The highest BCUT2D eigenvalue weighted by Gasteiger charge is 2.03. The van der Waals surface area contributed by atoms with E-state index in [-0.39, 0.29) is 24.2 Å². The first kappa shape index (κ1) is 22.1. The maximum atomic E-state index is 11.6. The molecule has 1 rings (SSSR count). The van der Waals surface area contributed by atoms with E-state index in [1.54, 1.807) is 18.3 Å². The number of carbonyl (C=O) groups is 3. The lowest BCUT2D eigenvalue weighted by molar-refractivity contribution is -0.123. The summed E-state index contributed by atoms with van der Waals surface area (Å²) in [6.07, 6.45) is 2.59. The van der Waals surface area contributed by atoms with Gasteiger partial charge >= 0.3 is 6.03 Å². The van der Waals surface area contributed by atoms with Crippen molar-refractivity contribution < 1.29 is 19.1 Å². The lowest BCUT2D eigenvalue weighted by Gasteiger charge is -2.08. The Morgan fingerprint density at radius 3 is 2.52 bits per heavy atom. The highest BCUT2D eigenvalue weighted by atomic mass is 16.5. The third kappa shape index (κ3) is 10.6. The summed E-state index contributed by atoms with van der Waals surface area (Å²) in [7, 11) is 0. The van der Waals surface area contributed by atoms with Gasteiger partial charge in [0.2, 0.25) is 0 Å². The number of hydrogen-bond acceptors (Lipinski definition) is 5. The second kappa shape index (κ2) is 12.5. The number of ketones is 1. The molecule has 27 heavy (non-hydrogen) atoms. The van der Waals surface area contributed by atoms with Gasteiger partial charge in [0.1, 0.15) is 11.5 Å². The summed E-state index contributed by atoms with van der Waals surface area (Å²) in [4.78, 5) is 33.9. The van der Waals surface area contributed by atoms with E-state index in [4.69, 9.17) is 4.74 Å². The van der Waals surface area contributed by atoms with Crippen LogP contribution in [0.3, 0.4) is 0 Å². The monoisotopic (exact) mass is 376 g/mol. The molecule has 148 valence electrons. The number of carbonyl (C=O) groups excluding carboxylic acids is 3. The molecule has 1 aromatic carbocycles. The Morgan fingerprint density at radius 1 is 1.19 bits per heavy atom. The third-order valence-electron chi connectivity index (χ3n) is 3.47. The fourth-order valence-corrected chi connectivity index (χ4v) is 2.24. The fourth-order valence-electron chi connectivity index (χ4n) is 2.24. The number of amides is 3. The maximum absolute atomic E-state index is 11.6. The Kier molecular flexibility index (Phi) is 10.2. The molecule has 3 amide bonds. The summed E-state index contributed by atoms with van der Waals surface area (Å²) in [5, 5.41) is 9.18. The van der Waals surface area contributed by atoms with Crippen molar-refractivity contribution >= 4 is 23.9 Å². The molecule has 0 aromatic heterocycles. The Bertz CT molecular complexity index is 644. The summed E-state index contributed by atoms with van der Waals surface area (Å²) in [6, 6.07) is 6.94. The van der Waals surface area contributed by atoms with E-state index in [9.17, 15) is 14.4 Å². The van der Waals surface area contributed by atoms with Gasteiger partial charge in [-0.3, -0.25) is 4.79 Å². The van der Waals surface area contributed by atoms with Gasteiger partial charge in [-0.05, 0) is 38.0 Å². The number of urea groups is 1. The number of likely N-dealkylation sites (N-methyl/N-ethyl adjacent to an activating group) is 1. The van der Waals surface area contributed by atoms with Crippen molar-refractivity contribution in [2.75, 3.05) is 19.7 Å². The molecule has 0 bridgehead atoms. The summed E-state index contributed by atoms with van der Waals surface area (Å²) < 4.78 is 5.38. The van der Waals surface area contributed by atoms with Crippen molar-refractivity contribution in [3.63, 3.8) is 0 Å². The Hall–Kier alpha value is -2.90. The highest BCUT2D eigenvalue weighted by Crippen LogP contribution is 2.12. The van der Waals surface area contributed by atoms with Gasteiger partial charge in [0, 0.05) is 31.6 Å². The van der Waals surface area contributed by atoms with Crippen LogP contribution in [0.2, 0.25) is 0 Å². The van der Waals surface area contributed by atoms with Crippen LogP contribution in [-0.2, 0) is 16.0 Å². The number of nitrogens with one attached hydrogen (secondary N) is 3. The van der Waals surface area contributed by atoms with Crippen LogP contribution < -0.4 is 20.8 Å². The molecule has 1 aromatic rings. The molecule has 1 atom stereocenters. The molecule has 0 aliphatic carbocycles. The first-order valence-electron chi connectivity index (χ1n) is 8.95. The van der Waals surface area contributed by atoms with Crippen molar-refractivity contribution in [1.29, 1.82) is 0 Å². The SMILES string of the molecule is CCNC(=O)COc1ccc(CCNC(=O)N/N=C\[C@@H](C)CC(C)=O)cc1. The largest absolute Gasteiger partial charge is 0.484 e. The molecule has 0 heterocycles. The van der Waals surface area contributed by atoms with Crippen molar-refractivity contribution in [2.24, 2.45) is 11.0 Å². The average molecular weight is 376 g/mol. The first-order valence-corrected chi connectivity index (χ1v) is 8.95. The molecule has 8 heteroatoms. The van der Waals surface area contributed by atoms with Crippen LogP contribution in [0.25, 0.3) is 0 Å². The van der Waals surface area contributed by atoms with Crippen LogP contribution in [0.5, 0.6) is 5.75 Å².